The van der Waals surface area contributed by atoms with E-state index in [-0.39, 0.29) is 5.91 Å². The van der Waals surface area contributed by atoms with E-state index in [9.17, 15) is 4.79 Å². The van der Waals surface area contributed by atoms with Gasteiger partial charge in [-0.25, -0.2) is 0 Å². The van der Waals surface area contributed by atoms with Crippen molar-refractivity contribution in [1.82, 2.24) is 10.6 Å². The molecule has 0 spiro atoms. The van der Waals surface area contributed by atoms with E-state index in [2.05, 4.69) is 24.5 Å². The van der Waals surface area contributed by atoms with E-state index in [1.165, 1.54) is 17.9 Å². The first-order valence-corrected chi connectivity index (χ1v) is 7.49. The van der Waals surface area contributed by atoms with Gasteiger partial charge in [0.15, 0.2) is 0 Å². The predicted octanol–water partition coefficient (Wildman–Crippen LogP) is 1.63. The van der Waals surface area contributed by atoms with Crippen LogP contribution in [0.5, 0.6) is 0 Å². The first kappa shape index (κ1) is 13.8. The Labute approximate surface area is 103 Å². The molecule has 1 aliphatic rings. The van der Waals surface area contributed by atoms with Crippen LogP contribution in [0.2, 0.25) is 0 Å². The van der Waals surface area contributed by atoms with Crippen LogP contribution in [0.15, 0.2) is 0 Å². The molecule has 4 heteroatoms. The van der Waals surface area contributed by atoms with E-state index < -0.39 is 0 Å². The SMILES string of the molecule is CCC(CC)NC(=O)CNCC1CCSC1. The lowest BCUT2D eigenvalue weighted by Crippen LogP contribution is -2.40. The molecule has 1 rings (SSSR count). The molecule has 0 radical (unpaired) electrons. The average Bonchev–Trinajstić information content (AvgIpc) is 2.79. The highest BCUT2D eigenvalue weighted by Crippen LogP contribution is 2.22. The van der Waals surface area contributed by atoms with Gasteiger partial charge < -0.3 is 10.6 Å². The quantitative estimate of drug-likeness (QED) is 0.715. The summed E-state index contributed by atoms with van der Waals surface area (Å²) in [6.45, 7) is 5.68. The second-order valence-electron chi connectivity index (χ2n) is 4.44. The Balaban J connectivity index is 2.05. The van der Waals surface area contributed by atoms with Gasteiger partial charge in [-0.05, 0) is 43.2 Å². The summed E-state index contributed by atoms with van der Waals surface area (Å²) >= 11 is 2.02. The molecule has 0 aromatic heterocycles. The number of hydrogen-bond acceptors (Lipinski definition) is 3. The molecule has 94 valence electrons. The van der Waals surface area contributed by atoms with Crippen LogP contribution in [0.3, 0.4) is 0 Å². The van der Waals surface area contributed by atoms with Gasteiger partial charge >= 0.3 is 0 Å². The first-order chi connectivity index (χ1) is 7.76. The smallest absolute Gasteiger partial charge is 0.234 e. The summed E-state index contributed by atoms with van der Waals surface area (Å²) in [6.07, 6.45) is 3.33. The van der Waals surface area contributed by atoms with Crippen LogP contribution in [0.4, 0.5) is 0 Å². The van der Waals surface area contributed by atoms with Gasteiger partial charge in [0.05, 0.1) is 6.54 Å². The molecule has 1 amide bonds. The van der Waals surface area contributed by atoms with Crippen molar-refractivity contribution in [2.75, 3.05) is 24.6 Å². The van der Waals surface area contributed by atoms with E-state index in [0.717, 1.165) is 25.3 Å². The normalized spacial score (nSPS) is 20.3. The van der Waals surface area contributed by atoms with Crippen molar-refractivity contribution in [2.24, 2.45) is 5.92 Å². The maximum Gasteiger partial charge on any atom is 0.234 e. The average molecular weight is 244 g/mol. The summed E-state index contributed by atoms with van der Waals surface area (Å²) in [6, 6.07) is 0.344. The standard InChI is InChI=1S/C12H24N2OS/c1-3-11(4-2)14-12(15)8-13-7-10-5-6-16-9-10/h10-11,13H,3-9H2,1-2H3,(H,14,15). The van der Waals surface area contributed by atoms with Crippen LogP contribution in [-0.2, 0) is 4.79 Å². The van der Waals surface area contributed by atoms with Crippen molar-refractivity contribution < 1.29 is 4.79 Å². The third-order valence-corrected chi connectivity index (χ3v) is 4.32. The first-order valence-electron chi connectivity index (χ1n) is 6.34. The zero-order valence-electron chi connectivity index (χ0n) is 10.4. The molecule has 0 aromatic rings. The number of nitrogens with one attached hydrogen (secondary N) is 2. The number of carbonyl (C=O) groups excluding carboxylic acids is 1. The maximum absolute atomic E-state index is 11.6. The highest BCUT2D eigenvalue weighted by molar-refractivity contribution is 7.99. The number of carbonyl (C=O) groups is 1. The third-order valence-electron chi connectivity index (χ3n) is 3.09. The van der Waals surface area contributed by atoms with Crippen LogP contribution in [0, 0.1) is 5.92 Å². The molecule has 1 fully saturated rings. The van der Waals surface area contributed by atoms with Gasteiger partial charge in [0.2, 0.25) is 5.91 Å². The van der Waals surface area contributed by atoms with Crippen LogP contribution in [0.1, 0.15) is 33.1 Å². The molecule has 3 nitrogen and oxygen atoms in total. The monoisotopic (exact) mass is 244 g/mol. The van der Waals surface area contributed by atoms with Crippen molar-refractivity contribution in [3.8, 4) is 0 Å². The van der Waals surface area contributed by atoms with E-state index >= 15 is 0 Å². The predicted molar refractivity (Wildman–Crippen MR) is 70.8 cm³/mol. The molecule has 0 aliphatic carbocycles. The van der Waals surface area contributed by atoms with Crippen LogP contribution >= 0.6 is 11.8 Å². The Morgan fingerprint density at radius 1 is 1.44 bits per heavy atom. The van der Waals surface area contributed by atoms with Crippen molar-refractivity contribution in [2.45, 2.75) is 39.2 Å². The number of amides is 1. The molecule has 2 N–H and O–H groups in total. The molecular weight excluding hydrogens is 220 g/mol. The highest BCUT2D eigenvalue weighted by atomic mass is 32.2. The fourth-order valence-corrected chi connectivity index (χ4v) is 3.19. The zero-order chi connectivity index (χ0) is 11.8. The minimum Gasteiger partial charge on any atom is -0.352 e. The Hall–Kier alpha value is -0.220. The molecular formula is C12H24N2OS. The maximum atomic E-state index is 11.6. The van der Waals surface area contributed by atoms with Crippen molar-refractivity contribution >= 4 is 17.7 Å². The topological polar surface area (TPSA) is 41.1 Å². The van der Waals surface area contributed by atoms with E-state index in [1.54, 1.807) is 0 Å². The minimum absolute atomic E-state index is 0.138. The van der Waals surface area contributed by atoms with Gasteiger partial charge in [0.25, 0.3) is 0 Å². The van der Waals surface area contributed by atoms with Gasteiger partial charge in [0, 0.05) is 6.04 Å². The van der Waals surface area contributed by atoms with Crippen LogP contribution in [-0.4, -0.2) is 36.5 Å². The Morgan fingerprint density at radius 2 is 2.19 bits per heavy atom. The summed E-state index contributed by atoms with van der Waals surface area (Å²) < 4.78 is 0. The summed E-state index contributed by atoms with van der Waals surface area (Å²) in [4.78, 5) is 11.6. The zero-order valence-corrected chi connectivity index (χ0v) is 11.2. The van der Waals surface area contributed by atoms with Gasteiger partial charge in [0.1, 0.15) is 0 Å². The Morgan fingerprint density at radius 3 is 2.75 bits per heavy atom. The fraction of sp³-hybridized carbons (Fsp3) is 0.917. The summed E-state index contributed by atoms with van der Waals surface area (Å²) in [5.41, 5.74) is 0. The van der Waals surface area contributed by atoms with Crippen molar-refractivity contribution in [3.05, 3.63) is 0 Å². The van der Waals surface area contributed by atoms with Gasteiger partial charge in [-0.2, -0.15) is 11.8 Å². The largest absolute Gasteiger partial charge is 0.352 e. The molecule has 0 saturated carbocycles. The van der Waals surface area contributed by atoms with Crippen molar-refractivity contribution in [3.63, 3.8) is 0 Å². The van der Waals surface area contributed by atoms with Gasteiger partial charge in [-0.1, -0.05) is 13.8 Å². The number of rotatable bonds is 7. The second-order valence-corrected chi connectivity index (χ2v) is 5.59. The lowest BCUT2D eigenvalue weighted by atomic mass is 10.1. The van der Waals surface area contributed by atoms with E-state index in [1.807, 2.05) is 11.8 Å². The molecule has 1 aliphatic heterocycles. The minimum atomic E-state index is 0.138. The molecule has 1 atom stereocenters. The molecule has 1 heterocycles. The Bertz CT molecular complexity index is 201. The van der Waals surface area contributed by atoms with Gasteiger partial charge in [-0.3, -0.25) is 4.79 Å². The highest BCUT2D eigenvalue weighted by Gasteiger charge is 2.15. The number of hydrogen-bond donors (Lipinski definition) is 2. The number of thioether (sulfide) groups is 1. The Kier molecular flexibility index (Phi) is 6.88. The third kappa shape index (κ3) is 5.21. The van der Waals surface area contributed by atoms with E-state index in [0.29, 0.717) is 12.6 Å². The lowest BCUT2D eigenvalue weighted by molar-refractivity contribution is -0.121. The fourth-order valence-electron chi connectivity index (χ4n) is 1.91. The molecule has 0 aromatic carbocycles. The summed E-state index contributed by atoms with van der Waals surface area (Å²) in [5.74, 6) is 3.44. The van der Waals surface area contributed by atoms with Gasteiger partial charge in [-0.15, -0.1) is 0 Å². The molecule has 1 saturated heterocycles. The summed E-state index contributed by atoms with van der Waals surface area (Å²) in [7, 11) is 0. The second kappa shape index (κ2) is 7.96. The molecule has 16 heavy (non-hydrogen) atoms. The lowest BCUT2D eigenvalue weighted by Gasteiger charge is -2.15. The summed E-state index contributed by atoms with van der Waals surface area (Å²) in [5, 5.41) is 6.29. The molecule has 1 unspecified atom stereocenters. The van der Waals surface area contributed by atoms with Crippen molar-refractivity contribution in [1.29, 1.82) is 0 Å². The van der Waals surface area contributed by atoms with Crippen LogP contribution in [0.25, 0.3) is 0 Å². The van der Waals surface area contributed by atoms with E-state index in [4.69, 9.17) is 0 Å². The van der Waals surface area contributed by atoms with Crippen LogP contribution < -0.4 is 10.6 Å². The molecule has 0 bridgehead atoms.